The van der Waals surface area contributed by atoms with Gasteiger partial charge in [-0.3, -0.25) is 9.59 Å². The van der Waals surface area contributed by atoms with Gasteiger partial charge >= 0.3 is 11.9 Å². The molecule has 0 radical (unpaired) electrons. The lowest BCUT2D eigenvalue weighted by Crippen LogP contribution is -2.18. The molecule has 0 aromatic heterocycles. The molecule has 49 heavy (non-hydrogen) atoms. The zero-order valence-corrected chi connectivity index (χ0v) is 32.8. The van der Waals surface area contributed by atoms with E-state index in [1.54, 1.807) is 0 Å². The molecule has 0 rings (SSSR count). The Hall–Kier alpha value is -1.84. The van der Waals surface area contributed by atoms with E-state index in [0.29, 0.717) is 6.42 Å². The van der Waals surface area contributed by atoms with E-state index in [0.717, 1.165) is 77.0 Å². The Balaban J connectivity index is 4.01. The van der Waals surface area contributed by atoms with Crippen molar-refractivity contribution in [3.63, 3.8) is 0 Å². The minimum absolute atomic E-state index is 0.00687. The molecule has 0 aromatic rings. The zero-order valence-electron chi connectivity index (χ0n) is 32.8. The minimum atomic E-state index is -0.701. The molecule has 1 unspecified atom stereocenters. The van der Waals surface area contributed by atoms with Crippen LogP contribution in [-0.4, -0.2) is 23.1 Å². The SMILES string of the molecule is CCCCC/C=C\C/C=C\C/C=C\CCCCCCCCC(=O)OC(CCCCCCCCCCCCCC)CCCCCCCC(=O)O. The third-order valence-electron chi connectivity index (χ3n) is 9.61. The predicted molar refractivity (Wildman–Crippen MR) is 213 cm³/mol. The molecule has 0 bridgehead atoms. The second kappa shape index (κ2) is 40.6. The molecule has 0 saturated heterocycles. The molecule has 0 fully saturated rings. The highest BCUT2D eigenvalue weighted by Gasteiger charge is 2.14. The van der Waals surface area contributed by atoms with E-state index in [4.69, 9.17) is 9.84 Å². The summed E-state index contributed by atoms with van der Waals surface area (Å²) < 4.78 is 6.01. The number of unbranched alkanes of at least 4 members (excludes halogenated alkanes) is 24. The van der Waals surface area contributed by atoms with Crippen LogP contribution in [0.1, 0.15) is 232 Å². The zero-order chi connectivity index (χ0) is 35.7. The number of esters is 1. The largest absolute Gasteiger partial charge is 0.481 e. The lowest BCUT2D eigenvalue weighted by Gasteiger charge is -2.18. The Kier molecular flexibility index (Phi) is 39.1. The van der Waals surface area contributed by atoms with Gasteiger partial charge in [0.15, 0.2) is 0 Å². The van der Waals surface area contributed by atoms with Crippen LogP contribution in [0.2, 0.25) is 0 Å². The number of hydrogen-bond donors (Lipinski definition) is 1. The topological polar surface area (TPSA) is 63.6 Å². The summed E-state index contributed by atoms with van der Waals surface area (Å²) in [5.74, 6) is -0.707. The second-order valence-corrected chi connectivity index (χ2v) is 14.5. The number of carbonyl (C=O) groups excluding carboxylic acids is 1. The van der Waals surface area contributed by atoms with Gasteiger partial charge in [0.2, 0.25) is 0 Å². The van der Waals surface area contributed by atoms with Gasteiger partial charge in [0, 0.05) is 12.8 Å². The van der Waals surface area contributed by atoms with Gasteiger partial charge < -0.3 is 9.84 Å². The Morgan fingerprint density at radius 2 is 0.796 bits per heavy atom. The normalized spacial score (nSPS) is 12.5. The van der Waals surface area contributed by atoms with E-state index < -0.39 is 5.97 Å². The maximum Gasteiger partial charge on any atom is 0.306 e. The molecule has 4 heteroatoms. The van der Waals surface area contributed by atoms with E-state index in [1.807, 2.05) is 0 Å². The number of rotatable bonds is 39. The van der Waals surface area contributed by atoms with Gasteiger partial charge in [0.1, 0.15) is 6.10 Å². The number of carboxylic acids is 1. The van der Waals surface area contributed by atoms with Crippen LogP contribution in [0.15, 0.2) is 36.5 Å². The molecule has 286 valence electrons. The average Bonchev–Trinajstić information content (AvgIpc) is 3.09. The van der Waals surface area contributed by atoms with Crippen LogP contribution in [0.4, 0.5) is 0 Å². The second-order valence-electron chi connectivity index (χ2n) is 14.5. The fourth-order valence-electron chi connectivity index (χ4n) is 6.43. The summed E-state index contributed by atoms with van der Waals surface area (Å²) in [4.78, 5) is 23.4. The summed E-state index contributed by atoms with van der Waals surface area (Å²) in [6, 6.07) is 0. The van der Waals surface area contributed by atoms with E-state index in [2.05, 4.69) is 50.3 Å². The molecule has 0 spiro atoms. The molecule has 0 saturated carbocycles. The van der Waals surface area contributed by atoms with Crippen molar-refractivity contribution in [2.75, 3.05) is 0 Å². The highest BCUT2D eigenvalue weighted by atomic mass is 16.5. The average molecular weight is 687 g/mol. The highest BCUT2D eigenvalue weighted by Crippen LogP contribution is 2.19. The molecule has 0 aromatic carbocycles. The molecular formula is C45H82O4. The number of aliphatic carboxylic acids is 1. The molecule has 0 aliphatic heterocycles. The van der Waals surface area contributed by atoms with Crippen molar-refractivity contribution in [3.05, 3.63) is 36.5 Å². The lowest BCUT2D eigenvalue weighted by molar-refractivity contribution is -0.150. The van der Waals surface area contributed by atoms with Crippen molar-refractivity contribution in [3.8, 4) is 0 Å². The first-order valence-corrected chi connectivity index (χ1v) is 21.5. The van der Waals surface area contributed by atoms with Gasteiger partial charge in [-0.2, -0.15) is 0 Å². The van der Waals surface area contributed by atoms with Crippen molar-refractivity contribution in [1.29, 1.82) is 0 Å². The van der Waals surface area contributed by atoms with Crippen LogP contribution in [0.5, 0.6) is 0 Å². The van der Waals surface area contributed by atoms with Gasteiger partial charge in [0.05, 0.1) is 0 Å². The maximum absolute atomic E-state index is 12.7. The number of ether oxygens (including phenoxy) is 1. The molecule has 0 aliphatic rings. The van der Waals surface area contributed by atoms with Gasteiger partial charge in [-0.1, -0.05) is 179 Å². The van der Waals surface area contributed by atoms with Crippen molar-refractivity contribution in [2.45, 2.75) is 238 Å². The third-order valence-corrected chi connectivity index (χ3v) is 9.61. The quantitative estimate of drug-likeness (QED) is 0.0397. The van der Waals surface area contributed by atoms with Crippen LogP contribution < -0.4 is 0 Å². The minimum Gasteiger partial charge on any atom is -0.481 e. The first kappa shape index (κ1) is 47.2. The first-order valence-electron chi connectivity index (χ1n) is 21.5. The van der Waals surface area contributed by atoms with Gasteiger partial charge in [0.25, 0.3) is 0 Å². The van der Waals surface area contributed by atoms with E-state index in [1.165, 1.54) is 128 Å². The molecular weight excluding hydrogens is 604 g/mol. The molecule has 0 amide bonds. The summed E-state index contributed by atoms with van der Waals surface area (Å²) >= 11 is 0. The molecule has 1 N–H and O–H groups in total. The van der Waals surface area contributed by atoms with Gasteiger partial charge in [-0.15, -0.1) is 0 Å². The lowest BCUT2D eigenvalue weighted by atomic mass is 10.0. The highest BCUT2D eigenvalue weighted by molar-refractivity contribution is 5.69. The fraction of sp³-hybridized carbons (Fsp3) is 0.822. The molecule has 0 heterocycles. The van der Waals surface area contributed by atoms with E-state index in [9.17, 15) is 9.59 Å². The standard InChI is InChI=1S/C45H82O4/c1-3-5-7-9-11-13-15-17-18-19-20-21-22-23-25-27-29-34-38-42-45(48)49-43(40-36-32-30-33-37-41-44(46)47)39-35-31-28-26-24-16-14-12-10-8-6-4-2/h11,13,17-18,20-21,43H,3-10,12,14-16,19,22-42H2,1-2H3,(H,46,47)/b13-11-,18-17-,21-20-. The Morgan fingerprint density at radius 1 is 0.449 bits per heavy atom. The number of carbonyl (C=O) groups is 2. The van der Waals surface area contributed by atoms with Crippen LogP contribution in [0, 0.1) is 0 Å². The molecule has 4 nitrogen and oxygen atoms in total. The third kappa shape index (κ3) is 40.5. The Labute approximate surface area is 305 Å². The van der Waals surface area contributed by atoms with Gasteiger partial charge in [-0.25, -0.2) is 0 Å². The molecule has 1 atom stereocenters. The fourth-order valence-corrected chi connectivity index (χ4v) is 6.43. The monoisotopic (exact) mass is 687 g/mol. The molecule has 0 aliphatic carbocycles. The van der Waals surface area contributed by atoms with Gasteiger partial charge in [-0.05, 0) is 77.0 Å². The maximum atomic E-state index is 12.7. The predicted octanol–water partition coefficient (Wildman–Crippen LogP) is 15.0. The van der Waals surface area contributed by atoms with E-state index in [-0.39, 0.29) is 18.5 Å². The first-order chi connectivity index (χ1) is 24.1. The Bertz CT molecular complexity index is 783. The summed E-state index contributed by atoms with van der Waals surface area (Å²) in [7, 11) is 0. The summed E-state index contributed by atoms with van der Waals surface area (Å²) in [6.07, 6.45) is 53.1. The number of hydrogen-bond acceptors (Lipinski definition) is 3. The number of carboxylic acid groups (broad SMARTS) is 1. The van der Waals surface area contributed by atoms with Crippen molar-refractivity contribution >= 4 is 11.9 Å². The number of allylic oxidation sites excluding steroid dienone is 6. The van der Waals surface area contributed by atoms with Crippen molar-refractivity contribution in [1.82, 2.24) is 0 Å². The summed E-state index contributed by atoms with van der Waals surface area (Å²) in [6.45, 7) is 4.53. The van der Waals surface area contributed by atoms with Crippen LogP contribution in [0.3, 0.4) is 0 Å². The van der Waals surface area contributed by atoms with Crippen molar-refractivity contribution in [2.24, 2.45) is 0 Å². The van der Waals surface area contributed by atoms with Crippen LogP contribution in [-0.2, 0) is 14.3 Å². The summed E-state index contributed by atoms with van der Waals surface area (Å²) in [5.41, 5.74) is 0. The van der Waals surface area contributed by atoms with E-state index >= 15 is 0 Å². The van der Waals surface area contributed by atoms with Crippen molar-refractivity contribution < 1.29 is 19.4 Å². The summed E-state index contributed by atoms with van der Waals surface area (Å²) in [5, 5.41) is 8.83. The Morgan fingerprint density at radius 3 is 1.27 bits per heavy atom. The van der Waals surface area contributed by atoms with Crippen LogP contribution >= 0.6 is 0 Å². The van der Waals surface area contributed by atoms with Crippen LogP contribution in [0.25, 0.3) is 0 Å². The smallest absolute Gasteiger partial charge is 0.306 e.